The maximum atomic E-state index is 14.1. The lowest BCUT2D eigenvalue weighted by molar-refractivity contribution is -0.117. The van der Waals surface area contributed by atoms with E-state index in [9.17, 15) is 26.8 Å². The van der Waals surface area contributed by atoms with Crippen molar-refractivity contribution >= 4 is 27.6 Å². The lowest BCUT2D eigenvalue weighted by Gasteiger charge is -2.20. The molecule has 126 valence electrons. The summed E-state index contributed by atoms with van der Waals surface area (Å²) in [4.78, 5) is 24.6. The molecule has 1 aliphatic rings. The van der Waals surface area contributed by atoms with Crippen molar-refractivity contribution in [2.24, 2.45) is 11.1 Å². The first-order valence-electron chi connectivity index (χ1n) is 6.51. The number of hydrogen-bond acceptors (Lipinski definition) is 5. The molecule has 7 nitrogen and oxygen atoms in total. The fourth-order valence-electron chi connectivity index (χ4n) is 2.54. The van der Waals surface area contributed by atoms with Crippen molar-refractivity contribution in [1.82, 2.24) is 0 Å². The second kappa shape index (κ2) is 6.20. The lowest BCUT2D eigenvalue weighted by Crippen LogP contribution is -2.30. The number of esters is 1. The van der Waals surface area contributed by atoms with Gasteiger partial charge in [0.1, 0.15) is 17.2 Å². The van der Waals surface area contributed by atoms with Crippen LogP contribution in [0.25, 0.3) is 0 Å². The Morgan fingerprint density at radius 1 is 1.39 bits per heavy atom. The van der Waals surface area contributed by atoms with Crippen molar-refractivity contribution in [3.8, 4) is 0 Å². The van der Waals surface area contributed by atoms with Crippen molar-refractivity contribution in [3.05, 3.63) is 29.3 Å². The number of hydrogen-bond donors (Lipinski definition) is 1. The third kappa shape index (κ3) is 3.64. The quantitative estimate of drug-likeness (QED) is 0.792. The maximum absolute atomic E-state index is 14.1. The molecule has 10 heteroatoms. The summed E-state index contributed by atoms with van der Waals surface area (Å²) in [6.45, 7) is -0.195. The number of halogens is 2. The normalized spacial score (nSPS) is 18.3. The molecule has 2 rings (SSSR count). The fraction of sp³-hybridized carbons (Fsp3) is 0.385. The highest BCUT2D eigenvalue weighted by Gasteiger charge is 2.37. The number of primary sulfonamides is 1. The Morgan fingerprint density at radius 3 is 2.57 bits per heavy atom. The van der Waals surface area contributed by atoms with Crippen LogP contribution in [-0.2, 0) is 19.6 Å². The van der Waals surface area contributed by atoms with E-state index in [4.69, 9.17) is 5.14 Å². The number of ether oxygens (including phenoxy) is 1. The lowest BCUT2D eigenvalue weighted by atomic mass is 10.1. The minimum Gasteiger partial charge on any atom is -0.465 e. The number of nitrogens with zero attached hydrogens (tertiary/aromatic N) is 1. The second-order valence-corrected chi connectivity index (χ2v) is 6.81. The number of methoxy groups -OCH3 is 1. The Morgan fingerprint density at radius 2 is 2.00 bits per heavy atom. The van der Waals surface area contributed by atoms with E-state index in [1.165, 1.54) is 0 Å². The average molecular weight is 348 g/mol. The van der Waals surface area contributed by atoms with E-state index in [0.29, 0.717) is 0 Å². The van der Waals surface area contributed by atoms with Gasteiger partial charge in [0.15, 0.2) is 0 Å². The van der Waals surface area contributed by atoms with Crippen LogP contribution in [0, 0.1) is 17.6 Å². The molecule has 0 aliphatic carbocycles. The van der Waals surface area contributed by atoms with Crippen molar-refractivity contribution in [2.75, 3.05) is 24.3 Å². The first-order chi connectivity index (χ1) is 10.6. The van der Waals surface area contributed by atoms with Crippen LogP contribution in [0.1, 0.15) is 16.8 Å². The second-order valence-electron chi connectivity index (χ2n) is 5.15. The van der Waals surface area contributed by atoms with Gasteiger partial charge in [0, 0.05) is 18.9 Å². The van der Waals surface area contributed by atoms with Crippen LogP contribution in [0.5, 0.6) is 0 Å². The summed E-state index contributed by atoms with van der Waals surface area (Å²) in [6, 6.07) is 1.52. The Labute approximate surface area is 131 Å². The molecular formula is C13H14F2N2O5S. The molecule has 1 aliphatic heterocycles. The van der Waals surface area contributed by atoms with Crippen LogP contribution in [-0.4, -0.2) is 39.7 Å². The third-order valence-electron chi connectivity index (χ3n) is 3.41. The molecule has 1 heterocycles. The molecule has 1 fully saturated rings. The van der Waals surface area contributed by atoms with E-state index in [-0.39, 0.29) is 13.0 Å². The molecule has 1 aromatic rings. The van der Waals surface area contributed by atoms with Gasteiger partial charge in [0.2, 0.25) is 15.9 Å². The van der Waals surface area contributed by atoms with Gasteiger partial charge < -0.3 is 9.64 Å². The number of nitrogens with two attached hydrogens (primary N) is 1. The highest BCUT2D eigenvalue weighted by atomic mass is 32.2. The molecule has 0 spiro atoms. The number of carbonyl (C=O) groups excluding carboxylic acids is 2. The topological polar surface area (TPSA) is 107 Å². The molecule has 23 heavy (non-hydrogen) atoms. The molecule has 1 amide bonds. The summed E-state index contributed by atoms with van der Waals surface area (Å²) < 4.78 is 54.7. The standard InChI is InChI=1S/C13H14F2N2O5S/c1-22-13(19)11-8(14)2-3-9(15)12(11)17-5-7(4-10(17)18)6-23(16,20)21/h2-3,7H,4-6H2,1H3,(H2,16,20,21). The van der Waals surface area contributed by atoms with Crippen molar-refractivity contribution in [3.63, 3.8) is 0 Å². The van der Waals surface area contributed by atoms with Crippen LogP contribution in [0.2, 0.25) is 0 Å². The maximum Gasteiger partial charge on any atom is 0.343 e. The highest BCUT2D eigenvalue weighted by molar-refractivity contribution is 7.89. The predicted octanol–water partition coefficient (Wildman–Crippen LogP) is 0.393. The van der Waals surface area contributed by atoms with Gasteiger partial charge in [-0.2, -0.15) is 0 Å². The van der Waals surface area contributed by atoms with Gasteiger partial charge >= 0.3 is 5.97 Å². The molecule has 0 bridgehead atoms. The zero-order valence-electron chi connectivity index (χ0n) is 12.1. The minimum atomic E-state index is -3.82. The van der Waals surface area contributed by atoms with E-state index in [1.807, 2.05) is 0 Å². The summed E-state index contributed by atoms with van der Waals surface area (Å²) in [5, 5.41) is 4.93. The zero-order chi connectivity index (χ0) is 17.4. The number of amides is 1. The van der Waals surface area contributed by atoms with Crippen LogP contribution in [0.15, 0.2) is 12.1 Å². The Kier molecular flexibility index (Phi) is 4.66. The molecule has 2 N–H and O–H groups in total. The van der Waals surface area contributed by atoms with Gasteiger partial charge in [-0.15, -0.1) is 0 Å². The number of anilines is 1. The zero-order valence-corrected chi connectivity index (χ0v) is 12.9. The fourth-order valence-corrected chi connectivity index (χ4v) is 3.42. The summed E-state index contributed by atoms with van der Waals surface area (Å²) in [6.07, 6.45) is -0.201. The smallest absolute Gasteiger partial charge is 0.343 e. The largest absolute Gasteiger partial charge is 0.465 e. The van der Waals surface area contributed by atoms with E-state index < -0.39 is 56.5 Å². The molecule has 1 aromatic carbocycles. The summed E-state index contributed by atoms with van der Waals surface area (Å²) in [7, 11) is -2.83. The molecular weight excluding hydrogens is 334 g/mol. The molecule has 0 saturated carbocycles. The molecule has 1 atom stereocenters. The molecule has 0 radical (unpaired) electrons. The monoisotopic (exact) mass is 348 g/mol. The summed E-state index contributed by atoms with van der Waals surface area (Å²) in [5.74, 6) is -4.95. The Hall–Kier alpha value is -2.07. The van der Waals surface area contributed by atoms with Crippen molar-refractivity contribution in [2.45, 2.75) is 6.42 Å². The van der Waals surface area contributed by atoms with E-state index in [2.05, 4.69) is 4.74 Å². The van der Waals surface area contributed by atoms with E-state index in [0.717, 1.165) is 24.1 Å². The van der Waals surface area contributed by atoms with Gasteiger partial charge in [-0.1, -0.05) is 0 Å². The van der Waals surface area contributed by atoms with Crippen LogP contribution in [0.3, 0.4) is 0 Å². The minimum absolute atomic E-state index is 0.195. The third-order valence-corrected chi connectivity index (χ3v) is 4.35. The van der Waals surface area contributed by atoms with Crippen LogP contribution >= 0.6 is 0 Å². The van der Waals surface area contributed by atoms with Gasteiger partial charge in [-0.05, 0) is 12.1 Å². The molecule has 0 aromatic heterocycles. The first-order valence-corrected chi connectivity index (χ1v) is 8.22. The van der Waals surface area contributed by atoms with E-state index in [1.54, 1.807) is 0 Å². The molecule has 1 unspecified atom stereocenters. The van der Waals surface area contributed by atoms with Gasteiger partial charge in [0.05, 0.1) is 18.6 Å². The van der Waals surface area contributed by atoms with E-state index >= 15 is 0 Å². The van der Waals surface area contributed by atoms with Gasteiger partial charge in [-0.3, -0.25) is 4.79 Å². The van der Waals surface area contributed by atoms with Crippen molar-refractivity contribution in [1.29, 1.82) is 0 Å². The average Bonchev–Trinajstić information content (AvgIpc) is 2.78. The summed E-state index contributed by atoms with van der Waals surface area (Å²) >= 11 is 0. The Balaban J connectivity index is 2.44. The number of benzene rings is 1. The Bertz CT molecular complexity index is 766. The number of rotatable bonds is 4. The number of carbonyl (C=O) groups is 2. The predicted molar refractivity (Wildman–Crippen MR) is 76.1 cm³/mol. The van der Waals surface area contributed by atoms with Gasteiger partial charge in [0.25, 0.3) is 0 Å². The SMILES string of the molecule is COC(=O)c1c(F)ccc(F)c1N1CC(CS(N)(=O)=O)CC1=O. The first kappa shape index (κ1) is 17.3. The van der Waals surface area contributed by atoms with Crippen LogP contribution < -0.4 is 10.0 Å². The van der Waals surface area contributed by atoms with Gasteiger partial charge in [-0.25, -0.2) is 27.1 Å². The molecule has 1 saturated heterocycles. The van der Waals surface area contributed by atoms with Crippen molar-refractivity contribution < 1.29 is 31.5 Å². The van der Waals surface area contributed by atoms with Crippen LogP contribution in [0.4, 0.5) is 14.5 Å². The highest BCUT2D eigenvalue weighted by Crippen LogP contribution is 2.33. The summed E-state index contributed by atoms with van der Waals surface area (Å²) in [5.41, 5.74) is -1.27. The number of sulfonamides is 1.